The van der Waals surface area contributed by atoms with E-state index in [0.717, 1.165) is 19.4 Å². The Morgan fingerprint density at radius 2 is 2.20 bits per heavy atom. The molecule has 88 valence electrons. The summed E-state index contributed by atoms with van der Waals surface area (Å²) in [7, 11) is 0. The van der Waals surface area contributed by atoms with Crippen molar-refractivity contribution in [3.05, 3.63) is 0 Å². The van der Waals surface area contributed by atoms with Gasteiger partial charge in [-0.3, -0.25) is 9.69 Å². The highest BCUT2D eigenvalue weighted by atomic mass is 16.3. The minimum atomic E-state index is -0.175. The highest BCUT2D eigenvalue weighted by Crippen LogP contribution is 2.15. The minimum Gasteiger partial charge on any atom is -0.395 e. The molecule has 0 spiro atoms. The lowest BCUT2D eigenvalue weighted by atomic mass is 10.1. The predicted molar refractivity (Wildman–Crippen MR) is 59.6 cm³/mol. The topological polar surface area (TPSA) is 52.6 Å². The number of carbonyl (C=O) groups is 1. The van der Waals surface area contributed by atoms with Crippen molar-refractivity contribution in [3.63, 3.8) is 0 Å². The molecule has 1 saturated heterocycles. The Hall–Kier alpha value is -0.610. The molecule has 0 radical (unpaired) electrons. The number of hydrogen-bond donors (Lipinski definition) is 2. The van der Waals surface area contributed by atoms with Crippen LogP contribution in [-0.2, 0) is 4.79 Å². The standard InChI is InChI=1S/C11H22N2O2/c1-11(2,3)12-10(15)7-13-6-4-5-9(13)8-14/h9,14H,4-8H2,1-3H3,(H,12,15)/t9-/m1/s1. The van der Waals surface area contributed by atoms with Gasteiger partial charge in [0.15, 0.2) is 0 Å². The maximum absolute atomic E-state index is 11.6. The molecule has 0 saturated carbocycles. The van der Waals surface area contributed by atoms with E-state index in [-0.39, 0.29) is 24.1 Å². The second-order valence-corrected chi connectivity index (χ2v) is 5.25. The number of aliphatic hydroxyl groups excluding tert-OH is 1. The summed E-state index contributed by atoms with van der Waals surface area (Å²) < 4.78 is 0. The lowest BCUT2D eigenvalue weighted by Crippen LogP contribution is -2.47. The summed E-state index contributed by atoms with van der Waals surface area (Å²) in [5.41, 5.74) is -0.175. The Morgan fingerprint density at radius 3 is 2.73 bits per heavy atom. The molecule has 0 unspecified atom stereocenters. The number of aliphatic hydroxyl groups is 1. The van der Waals surface area contributed by atoms with E-state index in [1.54, 1.807) is 0 Å². The minimum absolute atomic E-state index is 0.0443. The van der Waals surface area contributed by atoms with E-state index in [9.17, 15) is 4.79 Å². The van der Waals surface area contributed by atoms with Gasteiger partial charge in [-0.15, -0.1) is 0 Å². The Labute approximate surface area is 91.6 Å². The van der Waals surface area contributed by atoms with Crippen molar-refractivity contribution in [2.45, 2.75) is 45.2 Å². The number of nitrogens with one attached hydrogen (secondary N) is 1. The molecule has 2 N–H and O–H groups in total. The van der Waals surface area contributed by atoms with Crippen LogP contribution in [0, 0.1) is 0 Å². The molecule has 1 aliphatic rings. The van der Waals surface area contributed by atoms with E-state index in [4.69, 9.17) is 5.11 Å². The van der Waals surface area contributed by atoms with Crippen molar-refractivity contribution in [2.24, 2.45) is 0 Å². The molecular formula is C11H22N2O2. The Morgan fingerprint density at radius 1 is 1.53 bits per heavy atom. The zero-order valence-corrected chi connectivity index (χ0v) is 9.92. The summed E-state index contributed by atoms with van der Waals surface area (Å²) in [4.78, 5) is 13.7. The average molecular weight is 214 g/mol. The maximum Gasteiger partial charge on any atom is 0.234 e. The molecule has 15 heavy (non-hydrogen) atoms. The summed E-state index contributed by atoms with van der Waals surface area (Å²) in [6.07, 6.45) is 2.08. The lowest BCUT2D eigenvalue weighted by molar-refractivity contribution is -0.124. The Bertz CT molecular complexity index is 223. The van der Waals surface area contributed by atoms with Gasteiger partial charge in [0.2, 0.25) is 5.91 Å². The third kappa shape index (κ3) is 4.18. The molecule has 0 aromatic carbocycles. The van der Waals surface area contributed by atoms with Gasteiger partial charge in [-0.2, -0.15) is 0 Å². The molecule has 0 aliphatic carbocycles. The smallest absolute Gasteiger partial charge is 0.234 e. The number of nitrogens with zero attached hydrogens (tertiary/aromatic N) is 1. The zero-order chi connectivity index (χ0) is 11.5. The summed E-state index contributed by atoms with van der Waals surface area (Å²) in [5.74, 6) is 0.0443. The van der Waals surface area contributed by atoms with Crippen LogP contribution >= 0.6 is 0 Å². The van der Waals surface area contributed by atoms with Crippen molar-refractivity contribution in [1.29, 1.82) is 0 Å². The molecular weight excluding hydrogens is 192 g/mol. The third-order valence-corrected chi connectivity index (χ3v) is 2.57. The van der Waals surface area contributed by atoms with Gasteiger partial charge in [0.1, 0.15) is 0 Å². The molecule has 4 nitrogen and oxygen atoms in total. The monoisotopic (exact) mass is 214 g/mol. The first-order chi connectivity index (χ1) is 6.92. The Balaban J connectivity index is 2.37. The van der Waals surface area contributed by atoms with Crippen LogP contribution < -0.4 is 5.32 Å². The van der Waals surface area contributed by atoms with Crippen molar-refractivity contribution < 1.29 is 9.90 Å². The molecule has 1 aliphatic heterocycles. The van der Waals surface area contributed by atoms with Gasteiger partial charge in [0.25, 0.3) is 0 Å². The average Bonchev–Trinajstić information content (AvgIpc) is 2.48. The fraction of sp³-hybridized carbons (Fsp3) is 0.909. The summed E-state index contributed by atoms with van der Waals surface area (Å²) in [6, 6.07) is 0.177. The molecule has 1 heterocycles. The molecule has 1 rings (SSSR count). The lowest BCUT2D eigenvalue weighted by Gasteiger charge is -2.25. The van der Waals surface area contributed by atoms with Gasteiger partial charge in [0, 0.05) is 11.6 Å². The quantitative estimate of drug-likeness (QED) is 0.713. The highest BCUT2D eigenvalue weighted by molar-refractivity contribution is 5.78. The molecule has 1 fully saturated rings. The van der Waals surface area contributed by atoms with E-state index in [1.807, 2.05) is 20.8 Å². The van der Waals surface area contributed by atoms with Crippen molar-refractivity contribution in [1.82, 2.24) is 10.2 Å². The van der Waals surface area contributed by atoms with Crippen LogP contribution in [0.2, 0.25) is 0 Å². The zero-order valence-electron chi connectivity index (χ0n) is 9.92. The van der Waals surface area contributed by atoms with Gasteiger partial charge >= 0.3 is 0 Å². The largest absolute Gasteiger partial charge is 0.395 e. The normalized spacial score (nSPS) is 23.1. The summed E-state index contributed by atoms with van der Waals surface area (Å²) in [6.45, 7) is 7.39. The molecule has 0 bridgehead atoms. The first-order valence-electron chi connectivity index (χ1n) is 5.58. The number of amides is 1. The summed E-state index contributed by atoms with van der Waals surface area (Å²) >= 11 is 0. The van der Waals surface area contributed by atoms with E-state index in [0.29, 0.717) is 6.54 Å². The predicted octanol–water partition coefficient (Wildman–Crippen LogP) is 0.358. The van der Waals surface area contributed by atoms with Crippen LogP contribution in [0.5, 0.6) is 0 Å². The number of likely N-dealkylation sites (tertiary alicyclic amines) is 1. The second kappa shape index (κ2) is 4.94. The summed E-state index contributed by atoms with van der Waals surface area (Å²) in [5, 5.41) is 12.0. The van der Waals surface area contributed by atoms with Gasteiger partial charge in [-0.1, -0.05) is 0 Å². The van der Waals surface area contributed by atoms with Gasteiger partial charge in [-0.25, -0.2) is 0 Å². The van der Waals surface area contributed by atoms with Crippen LogP contribution in [0.3, 0.4) is 0 Å². The van der Waals surface area contributed by atoms with Crippen LogP contribution in [0.4, 0.5) is 0 Å². The number of rotatable bonds is 3. The maximum atomic E-state index is 11.6. The van der Waals surface area contributed by atoms with E-state index in [2.05, 4.69) is 10.2 Å². The fourth-order valence-electron chi connectivity index (χ4n) is 1.95. The van der Waals surface area contributed by atoms with Crippen LogP contribution in [0.25, 0.3) is 0 Å². The van der Waals surface area contributed by atoms with Crippen molar-refractivity contribution in [2.75, 3.05) is 19.7 Å². The van der Waals surface area contributed by atoms with Gasteiger partial charge < -0.3 is 10.4 Å². The molecule has 1 atom stereocenters. The van der Waals surface area contributed by atoms with Crippen LogP contribution in [0.15, 0.2) is 0 Å². The first-order valence-corrected chi connectivity index (χ1v) is 5.58. The van der Waals surface area contributed by atoms with Crippen molar-refractivity contribution in [3.8, 4) is 0 Å². The SMILES string of the molecule is CC(C)(C)NC(=O)CN1CCC[C@@H]1CO. The Kier molecular flexibility index (Phi) is 4.11. The van der Waals surface area contributed by atoms with Gasteiger partial charge in [0.05, 0.1) is 13.2 Å². The first kappa shape index (κ1) is 12.5. The van der Waals surface area contributed by atoms with Gasteiger partial charge in [-0.05, 0) is 40.2 Å². The highest BCUT2D eigenvalue weighted by Gasteiger charge is 2.26. The number of hydrogen-bond acceptors (Lipinski definition) is 3. The van der Waals surface area contributed by atoms with E-state index < -0.39 is 0 Å². The van der Waals surface area contributed by atoms with Crippen LogP contribution in [-0.4, -0.2) is 47.2 Å². The van der Waals surface area contributed by atoms with Crippen molar-refractivity contribution >= 4 is 5.91 Å². The van der Waals surface area contributed by atoms with E-state index in [1.165, 1.54) is 0 Å². The third-order valence-electron chi connectivity index (χ3n) is 2.57. The number of carbonyl (C=O) groups excluding carboxylic acids is 1. The molecule has 1 amide bonds. The molecule has 0 aromatic rings. The molecule has 0 aromatic heterocycles. The fourth-order valence-corrected chi connectivity index (χ4v) is 1.95. The van der Waals surface area contributed by atoms with Crippen LogP contribution in [0.1, 0.15) is 33.6 Å². The second-order valence-electron chi connectivity index (χ2n) is 5.25. The van der Waals surface area contributed by atoms with E-state index >= 15 is 0 Å². The molecule has 4 heteroatoms.